The van der Waals surface area contributed by atoms with Crippen molar-refractivity contribution in [2.24, 2.45) is 0 Å². The zero-order valence-electron chi connectivity index (χ0n) is 14.2. The van der Waals surface area contributed by atoms with Gasteiger partial charge in [0.1, 0.15) is 23.8 Å². The highest BCUT2D eigenvalue weighted by atomic mass is 16.3. The van der Waals surface area contributed by atoms with Crippen LogP contribution in [0.4, 0.5) is 0 Å². The summed E-state index contributed by atoms with van der Waals surface area (Å²) in [6.07, 6.45) is 8.97. The molecule has 3 atom stereocenters. The Labute approximate surface area is 145 Å². The van der Waals surface area contributed by atoms with Gasteiger partial charge in [0, 0.05) is 18.1 Å². The number of furan rings is 2. The lowest BCUT2D eigenvalue weighted by Gasteiger charge is -2.45. The molecule has 0 saturated carbocycles. The van der Waals surface area contributed by atoms with E-state index in [2.05, 4.69) is 0 Å². The number of rotatable bonds is 3. The smallest absolute Gasteiger partial charge is 0.218 e. The summed E-state index contributed by atoms with van der Waals surface area (Å²) >= 11 is 0. The van der Waals surface area contributed by atoms with Crippen molar-refractivity contribution >= 4 is 11.4 Å². The van der Waals surface area contributed by atoms with Crippen LogP contribution in [-0.4, -0.2) is 34.5 Å². The van der Waals surface area contributed by atoms with Crippen LogP contribution in [0.5, 0.6) is 0 Å². The van der Waals surface area contributed by atoms with E-state index in [9.17, 15) is 9.90 Å². The summed E-state index contributed by atoms with van der Waals surface area (Å²) in [5.74, 6) is 1.64. The van der Waals surface area contributed by atoms with Gasteiger partial charge in [-0.1, -0.05) is 0 Å². The molecule has 5 nitrogen and oxygen atoms in total. The number of aliphatic hydroxyl groups excluding tert-OH is 1. The molecule has 2 aromatic heterocycles. The first-order chi connectivity index (χ1) is 12.0. The Hall–Kier alpha value is -2.79. The minimum atomic E-state index is -0.366. The van der Waals surface area contributed by atoms with Gasteiger partial charge in [-0.2, -0.15) is 0 Å². The largest absolute Gasteiger partial charge is 0.503 e. The van der Waals surface area contributed by atoms with Crippen molar-refractivity contribution in [3.8, 4) is 0 Å². The molecule has 25 heavy (non-hydrogen) atoms. The van der Waals surface area contributed by atoms with Gasteiger partial charge >= 0.3 is 0 Å². The maximum Gasteiger partial charge on any atom is 0.218 e. The minimum Gasteiger partial charge on any atom is -0.503 e. The summed E-state index contributed by atoms with van der Waals surface area (Å²) in [7, 11) is 1.96. The number of quaternary nitrogens is 1. The first-order valence-corrected chi connectivity index (χ1v) is 8.29. The predicted octanol–water partition coefficient (Wildman–Crippen LogP) is 3.62. The molecule has 2 aromatic rings. The van der Waals surface area contributed by atoms with Gasteiger partial charge in [-0.3, -0.25) is 9.28 Å². The number of fused-ring (bicyclic) bond motifs is 1. The summed E-state index contributed by atoms with van der Waals surface area (Å²) in [6, 6.07) is 6.94. The van der Waals surface area contributed by atoms with Crippen LogP contribution in [0.3, 0.4) is 0 Å². The molecule has 0 saturated heterocycles. The van der Waals surface area contributed by atoms with Crippen molar-refractivity contribution in [2.75, 3.05) is 7.05 Å². The topological polar surface area (TPSA) is 63.6 Å². The molecule has 4 heterocycles. The number of aliphatic hydroxyl groups is 1. The molecule has 0 bridgehead atoms. The zero-order valence-corrected chi connectivity index (χ0v) is 14.2. The van der Waals surface area contributed by atoms with Gasteiger partial charge in [0.25, 0.3) is 0 Å². The Balaban J connectivity index is 1.74. The second-order valence-electron chi connectivity index (χ2n) is 6.78. The molecule has 1 N–H and O–H groups in total. The number of hydrogen-bond donors (Lipinski definition) is 1. The molecule has 5 heteroatoms. The van der Waals surface area contributed by atoms with Crippen LogP contribution in [0, 0.1) is 0 Å². The van der Waals surface area contributed by atoms with E-state index < -0.39 is 0 Å². The van der Waals surface area contributed by atoms with Crippen LogP contribution in [0.25, 0.3) is 5.57 Å². The van der Waals surface area contributed by atoms with E-state index in [0.29, 0.717) is 22.2 Å². The lowest BCUT2D eigenvalue weighted by Crippen LogP contribution is -2.60. The van der Waals surface area contributed by atoms with E-state index in [4.69, 9.17) is 8.83 Å². The number of carbonyl (C=O) groups is 1. The molecule has 2 aliphatic heterocycles. The molecule has 0 radical (unpaired) electrons. The van der Waals surface area contributed by atoms with Crippen molar-refractivity contribution in [2.45, 2.75) is 25.4 Å². The average molecular weight is 338 g/mol. The molecule has 4 rings (SSSR count). The number of hydrogen-bond acceptors (Lipinski definition) is 4. The summed E-state index contributed by atoms with van der Waals surface area (Å²) < 4.78 is 11.1. The predicted molar refractivity (Wildman–Crippen MR) is 92.3 cm³/mol. The fraction of sp³-hybridized carbons (Fsp3) is 0.250. The SMILES string of the molecule is CC1C(c2ccco2)=CC(=O)C2C=C(Cc3ccco3)C(O)=C[N+]12C. The number of likely N-dealkylation sites (N-methyl/N-ethyl adjacent to an activating group) is 1. The van der Waals surface area contributed by atoms with E-state index in [1.807, 2.05) is 44.3 Å². The fourth-order valence-corrected chi connectivity index (χ4v) is 3.70. The summed E-state index contributed by atoms with van der Waals surface area (Å²) in [6.45, 7) is 2.04. The highest BCUT2D eigenvalue weighted by Gasteiger charge is 2.48. The van der Waals surface area contributed by atoms with E-state index in [-0.39, 0.29) is 23.6 Å². The first-order valence-electron chi connectivity index (χ1n) is 8.29. The maximum absolute atomic E-state index is 12.8. The lowest BCUT2D eigenvalue weighted by atomic mass is 9.87. The van der Waals surface area contributed by atoms with E-state index in [1.54, 1.807) is 24.8 Å². The Bertz CT molecular complexity index is 886. The Morgan fingerprint density at radius 1 is 1.20 bits per heavy atom. The third kappa shape index (κ3) is 2.48. The lowest BCUT2D eigenvalue weighted by molar-refractivity contribution is -0.886. The molecule has 0 amide bonds. The van der Waals surface area contributed by atoms with Crippen LogP contribution >= 0.6 is 0 Å². The number of ketones is 1. The summed E-state index contributed by atoms with van der Waals surface area (Å²) in [5.41, 5.74) is 1.56. The number of carbonyl (C=O) groups excluding carboxylic acids is 1. The first kappa shape index (κ1) is 15.7. The average Bonchev–Trinajstić information content (AvgIpc) is 3.26. The van der Waals surface area contributed by atoms with Gasteiger partial charge in [0.05, 0.1) is 25.1 Å². The monoisotopic (exact) mass is 338 g/mol. The van der Waals surface area contributed by atoms with Crippen molar-refractivity contribution in [3.05, 3.63) is 78.0 Å². The van der Waals surface area contributed by atoms with Gasteiger partial charge in [0.15, 0.2) is 11.8 Å². The van der Waals surface area contributed by atoms with E-state index >= 15 is 0 Å². The minimum absolute atomic E-state index is 0.00712. The second-order valence-corrected chi connectivity index (χ2v) is 6.78. The van der Waals surface area contributed by atoms with Crippen molar-refractivity contribution in [1.29, 1.82) is 0 Å². The molecule has 3 unspecified atom stereocenters. The van der Waals surface area contributed by atoms with Crippen LogP contribution in [0.15, 0.2) is 75.3 Å². The molecule has 0 aliphatic carbocycles. The number of nitrogens with zero attached hydrogens (tertiary/aromatic N) is 1. The summed E-state index contributed by atoms with van der Waals surface area (Å²) in [5, 5.41) is 10.6. The zero-order chi connectivity index (χ0) is 17.6. The van der Waals surface area contributed by atoms with Crippen LogP contribution in [0.2, 0.25) is 0 Å². The summed E-state index contributed by atoms with van der Waals surface area (Å²) in [4.78, 5) is 12.8. The highest BCUT2D eigenvalue weighted by Crippen LogP contribution is 2.39. The van der Waals surface area contributed by atoms with Crippen LogP contribution < -0.4 is 0 Å². The van der Waals surface area contributed by atoms with Gasteiger partial charge in [-0.15, -0.1) is 0 Å². The Morgan fingerprint density at radius 2 is 1.96 bits per heavy atom. The normalized spacial score (nSPS) is 28.9. The molecular formula is C20H20NO4+. The third-order valence-corrected chi connectivity index (χ3v) is 5.31. The highest BCUT2D eigenvalue weighted by molar-refractivity contribution is 6.02. The van der Waals surface area contributed by atoms with E-state index in [0.717, 1.165) is 11.3 Å². The number of allylic oxidation sites excluding steroid dienone is 1. The molecule has 2 aliphatic rings. The molecular weight excluding hydrogens is 318 g/mol. The van der Waals surface area contributed by atoms with Gasteiger partial charge in [-0.05, 0) is 37.3 Å². The standard InChI is InChI=1S/C20H19NO4/c1-13-16(20-6-4-8-25-20)11-18(22)17-10-14(9-15-5-3-7-24-15)19(23)12-21(13,17)2/h3-8,10-13,17H,9H2,1-2H3/p+1. The van der Waals surface area contributed by atoms with Gasteiger partial charge in [0.2, 0.25) is 5.78 Å². The molecule has 0 aromatic carbocycles. The Kier molecular flexibility index (Phi) is 3.54. The van der Waals surface area contributed by atoms with Gasteiger partial charge < -0.3 is 13.9 Å². The third-order valence-electron chi connectivity index (χ3n) is 5.31. The van der Waals surface area contributed by atoms with Crippen LogP contribution in [-0.2, 0) is 11.2 Å². The fourth-order valence-electron chi connectivity index (χ4n) is 3.70. The second kappa shape index (κ2) is 5.63. The van der Waals surface area contributed by atoms with Crippen molar-refractivity contribution in [1.82, 2.24) is 0 Å². The molecule has 0 spiro atoms. The van der Waals surface area contributed by atoms with Crippen molar-refractivity contribution < 1.29 is 23.2 Å². The quantitative estimate of drug-likeness (QED) is 0.868. The van der Waals surface area contributed by atoms with Crippen molar-refractivity contribution in [3.63, 3.8) is 0 Å². The molecule has 128 valence electrons. The molecule has 0 fully saturated rings. The van der Waals surface area contributed by atoms with Crippen LogP contribution in [0.1, 0.15) is 18.4 Å². The maximum atomic E-state index is 12.8. The Morgan fingerprint density at radius 3 is 2.64 bits per heavy atom. The van der Waals surface area contributed by atoms with E-state index in [1.165, 1.54) is 0 Å². The van der Waals surface area contributed by atoms with Gasteiger partial charge in [-0.25, -0.2) is 0 Å².